The number of hydrogen-bond donors (Lipinski definition) is 1. The van der Waals surface area contributed by atoms with Crippen LogP contribution in [0.3, 0.4) is 0 Å². The van der Waals surface area contributed by atoms with Crippen LogP contribution in [-0.2, 0) is 18.3 Å². The number of aromatic nitrogens is 5. The zero-order valence-corrected chi connectivity index (χ0v) is 13.4. The monoisotopic (exact) mass is 309 g/mol. The third-order valence-electron chi connectivity index (χ3n) is 3.03. The van der Waals surface area contributed by atoms with Crippen LogP contribution < -0.4 is 0 Å². The summed E-state index contributed by atoms with van der Waals surface area (Å²) in [4.78, 5) is 10.7. The molecule has 0 atom stereocenters. The predicted molar refractivity (Wildman–Crippen MR) is 80.3 cm³/mol. The molecule has 0 bridgehead atoms. The predicted octanol–water partition coefficient (Wildman–Crippen LogP) is 2.00. The number of carbonyl (C=O) groups is 1. The van der Waals surface area contributed by atoms with E-state index in [4.69, 9.17) is 5.11 Å². The summed E-state index contributed by atoms with van der Waals surface area (Å²) in [7, 11) is 1.87. The van der Waals surface area contributed by atoms with Gasteiger partial charge >= 0.3 is 5.97 Å². The van der Waals surface area contributed by atoms with Gasteiger partial charge in [0.15, 0.2) is 11.0 Å². The minimum atomic E-state index is -0.867. The first-order chi connectivity index (χ1) is 9.93. The number of carboxylic acid groups (broad SMARTS) is 1. The Labute approximate surface area is 127 Å². The Hall–Kier alpha value is -1.83. The molecule has 0 saturated carbocycles. The van der Waals surface area contributed by atoms with Crippen molar-refractivity contribution >= 4 is 17.7 Å². The highest BCUT2D eigenvalue weighted by atomic mass is 32.2. The smallest absolute Gasteiger partial charge is 0.313 e. The Morgan fingerprint density at radius 2 is 2.14 bits per heavy atom. The average molecular weight is 309 g/mol. The summed E-state index contributed by atoms with van der Waals surface area (Å²) in [6, 6.07) is 2.13. The molecular weight excluding hydrogens is 290 g/mol. The van der Waals surface area contributed by atoms with E-state index in [0.717, 1.165) is 17.8 Å². The second kappa shape index (κ2) is 6.30. The van der Waals surface area contributed by atoms with E-state index in [2.05, 4.69) is 15.3 Å². The molecule has 0 unspecified atom stereocenters. The van der Waals surface area contributed by atoms with Gasteiger partial charge in [-0.25, -0.2) is 0 Å². The molecular formula is C13H19N5O2S. The Bertz CT molecular complexity index is 647. The Kier molecular flexibility index (Phi) is 4.66. The first kappa shape index (κ1) is 15.6. The molecule has 21 heavy (non-hydrogen) atoms. The van der Waals surface area contributed by atoms with Gasteiger partial charge in [0, 0.05) is 13.1 Å². The van der Waals surface area contributed by atoms with Crippen LogP contribution in [0.2, 0.25) is 0 Å². The highest BCUT2D eigenvalue weighted by Gasteiger charge is 2.20. The van der Waals surface area contributed by atoms with Crippen LogP contribution in [0.1, 0.15) is 32.5 Å². The highest BCUT2D eigenvalue weighted by molar-refractivity contribution is 7.99. The maximum atomic E-state index is 10.7. The quantitative estimate of drug-likeness (QED) is 0.821. The molecule has 0 radical (unpaired) electrons. The van der Waals surface area contributed by atoms with Gasteiger partial charge in [0.2, 0.25) is 0 Å². The van der Waals surface area contributed by atoms with Crippen molar-refractivity contribution in [2.75, 3.05) is 5.75 Å². The van der Waals surface area contributed by atoms with Gasteiger partial charge < -0.3 is 5.11 Å². The molecule has 0 aromatic carbocycles. The molecule has 0 aliphatic heterocycles. The van der Waals surface area contributed by atoms with Crippen molar-refractivity contribution in [1.29, 1.82) is 0 Å². The van der Waals surface area contributed by atoms with Gasteiger partial charge in [-0.1, -0.05) is 18.7 Å². The van der Waals surface area contributed by atoms with Crippen molar-refractivity contribution < 1.29 is 9.90 Å². The molecule has 0 aliphatic carbocycles. The van der Waals surface area contributed by atoms with E-state index in [1.807, 2.05) is 38.5 Å². The van der Waals surface area contributed by atoms with Crippen LogP contribution in [0, 0.1) is 0 Å². The summed E-state index contributed by atoms with van der Waals surface area (Å²) >= 11 is 1.18. The molecule has 8 heteroatoms. The van der Waals surface area contributed by atoms with E-state index < -0.39 is 5.97 Å². The molecule has 0 aliphatic rings. The molecule has 2 aromatic rings. The molecule has 0 fully saturated rings. The summed E-state index contributed by atoms with van der Waals surface area (Å²) in [6.07, 6.45) is 0.851. The van der Waals surface area contributed by atoms with Gasteiger partial charge in [-0.2, -0.15) is 5.10 Å². The van der Waals surface area contributed by atoms with Gasteiger partial charge in [-0.05, 0) is 26.3 Å². The van der Waals surface area contributed by atoms with E-state index in [0.29, 0.717) is 11.0 Å². The minimum absolute atomic E-state index is 0.0313. The minimum Gasteiger partial charge on any atom is -0.481 e. The summed E-state index contributed by atoms with van der Waals surface area (Å²) in [5, 5.41) is 22.2. The lowest BCUT2D eigenvalue weighted by atomic mass is 10.3. The SMILES string of the molecule is CCc1cc(-c2nnc(SCC(=O)O)n2C(C)C)n(C)n1. The van der Waals surface area contributed by atoms with Crippen LogP contribution >= 0.6 is 11.8 Å². The molecule has 2 rings (SSSR count). The van der Waals surface area contributed by atoms with Crippen molar-refractivity contribution in [3.05, 3.63) is 11.8 Å². The van der Waals surface area contributed by atoms with Gasteiger partial charge in [0.25, 0.3) is 0 Å². The molecule has 2 aromatic heterocycles. The van der Waals surface area contributed by atoms with Crippen molar-refractivity contribution in [2.45, 2.75) is 38.4 Å². The fraction of sp³-hybridized carbons (Fsp3) is 0.538. The molecule has 2 heterocycles. The van der Waals surface area contributed by atoms with Gasteiger partial charge in [0.05, 0.1) is 11.4 Å². The second-order valence-electron chi connectivity index (χ2n) is 4.95. The lowest BCUT2D eigenvalue weighted by Crippen LogP contribution is -2.08. The van der Waals surface area contributed by atoms with Crippen LogP contribution in [-0.4, -0.2) is 41.4 Å². The van der Waals surface area contributed by atoms with Crippen LogP contribution in [0.5, 0.6) is 0 Å². The van der Waals surface area contributed by atoms with E-state index in [9.17, 15) is 4.79 Å². The lowest BCUT2D eigenvalue weighted by molar-refractivity contribution is -0.133. The zero-order chi connectivity index (χ0) is 15.6. The fourth-order valence-electron chi connectivity index (χ4n) is 2.05. The average Bonchev–Trinajstić information content (AvgIpc) is 2.99. The molecule has 7 nitrogen and oxygen atoms in total. The summed E-state index contributed by atoms with van der Waals surface area (Å²) in [6.45, 7) is 6.09. The highest BCUT2D eigenvalue weighted by Crippen LogP contribution is 2.27. The number of thioether (sulfide) groups is 1. The van der Waals surface area contributed by atoms with E-state index >= 15 is 0 Å². The standard InChI is InChI=1S/C13H19N5O2S/c1-5-9-6-10(17(4)16-9)12-14-15-13(18(12)8(2)3)21-7-11(19)20/h6,8H,5,7H2,1-4H3,(H,19,20). The summed E-state index contributed by atoms with van der Waals surface area (Å²) in [5.74, 6) is -0.183. The largest absolute Gasteiger partial charge is 0.481 e. The molecule has 114 valence electrons. The number of rotatable bonds is 6. The number of carboxylic acids is 1. The Balaban J connectivity index is 2.43. The van der Waals surface area contributed by atoms with Crippen LogP contribution in [0.15, 0.2) is 11.2 Å². The summed E-state index contributed by atoms with van der Waals surface area (Å²) in [5.41, 5.74) is 1.88. The molecule has 0 spiro atoms. The van der Waals surface area contributed by atoms with Crippen LogP contribution in [0.4, 0.5) is 0 Å². The zero-order valence-electron chi connectivity index (χ0n) is 12.6. The van der Waals surface area contributed by atoms with E-state index in [-0.39, 0.29) is 11.8 Å². The van der Waals surface area contributed by atoms with Crippen molar-refractivity contribution in [3.63, 3.8) is 0 Å². The van der Waals surface area contributed by atoms with Crippen molar-refractivity contribution in [2.24, 2.45) is 7.05 Å². The Morgan fingerprint density at radius 1 is 1.43 bits per heavy atom. The summed E-state index contributed by atoms with van der Waals surface area (Å²) < 4.78 is 3.73. The number of aliphatic carboxylic acids is 1. The first-order valence-corrected chi connectivity index (χ1v) is 7.75. The maximum Gasteiger partial charge on any atom is 0.313 e. The van der Waals surface area contributed by atoms with Gasteiger partial charge in [0.1, 0.15) is 5.69 Å². The van der Waals surface area contributed by atoms with E-state index in [1.54, 1.807) is 4.68 Å². The van der Waals surface area contributed by atoms with E-state index in [1.165, 1.54) is 11.8 Å². The maximum absolute atomic E-state index is 10.7. The van der Waals surface area contributed by atoms with Gasteiger partial charge in [-0.15, -0.1) is 10.2 Å². The van der Waals surface area contributed by atoms with Crippen molar-refractivity contribution in [3.8, 4) is 11.5 Å². The third-order valence-corrected chi connectivity index (χ3v) is 3.96. The van der Waals surface area contributed by atoms with Crippen LogP contribution in [0.25, 0.3) is 11.5 Å². The van der Waals surface area contributed by atoms with Gasteiger partial charge in [-0.3, -0.25) is 14.0 Å². The number of hydrogen-bond acceptors (Lipinski definition) is 5. The Morgan fingerprint density at radius 3 is 2.67 bits per heavy atom. The second-order valence-corrected chi connectivity index (χ2v) is 5.89. The topological polar surface area (TPSA) is 85.8 Å². The lowest BCUT2D eigenvalue weighted by Gasteiger charge is -2.13. The molecule has 0 saturated heterocycles. The molecule has 1 N–H and O–H groups in total. The van der Waals surface area contributed by atoms with Crippen molar-refractivity contribution in [1.82, 2.24) is 24.5 Å². The number of aryl methyl sites for hydroxylation is 2. The number of nitrogens with zero attached hydrogens (tertiary/aromatic N) is 5. The first-order valence-electron chi connectivity index (χ1n) is 6.76. The fourth-order valence-corrected chi connectivity index (χ4v) is 2.84. The molecule has 0 amide bonds. The third kappa shape index (κ3) is 3.26. The normalized spacial score (nSPS) is 11.3.